The highest BCUT2D eigenvalue weighted by Crippen LogP contribution is 2.13. The number of nitrogens with two attached hydrogens (primary N) is 1. The number of nitrogens with one attached hydrogen (secondary N) is 1. The zero-order valence-corrected chi connectivity index (χ0v) is 13.0. The van der Waals surface area contributed by atoms with Crippen LogP contribution in [-0.4, -0.2) is 33.0 Å². The molecule has 24 heavy (non-hydrogen) atoms. The van der Waals surface area contributed by atoms with Gasteiger partial charge in [0.25, 0.3) is 5.56 Å². The van der Waals surface area contributed by atoms with Crippen LogP contribution in [-0.2, 0) is 16.6 Å². The number of primary sulfonamides is 1. The first-order valence-electron chi connectivity index (χ1n) is 6.67. The number of nitrogens with zero attached hydrogens (tertiary/aromatic N) is 4. The monoisotopic (exact) mass is 348 g/mol. The molecule has 3 aromatic rings. The second-order valence-corrected chi connectivity index (χ2v) is 6.50. The quantitative estimate of drug-likeness (QED) is 0.606. The van der Waals surface area contributed by atoms with Gasteiger partial charge in [-0.25, -0.2) is 23.0 Å². The molecular formula is C13H12N6O4S. The molecule has 0 radical (unpaired) electrons. The standard InChI is InChI=1S/C13H12N6O4S/c14-24(22,23)11-3-1-2-10(6-11)19-8-9(16-17-19)7-18-5-4-12(20)15-13(18)21/h1-6,8H,7H2,(H2,14,22,23)(H,15,20,21). The molecule has 0 spiro atoms. The van der Waals surface area contributed by atoms with Gasteiger partial charge in [-0.1, -0.05) is 11.3 Å². The van der Waals surface area contributed by atoms with Gasteiger partial charge in [0.05, 0.1) is 23.3 Å². The van der Waals surface area contributed by atoms with E-state index in [1.165, 1.54) is 39.7 Å². The molecule has 124 valence electrons. The Hall–Kier alpha value is -3.05. The summed E-state index contributed by atoms with van der Waals surface area (Å²) in [5, 5.41) is 12.9. The first-order chi connectivity index (χ1) is 11.3. The van der Waals surface area contributed by atoms with Crippen LogP contribution >= 0.6 is 0 Å². The molecule has 0 unspecified atom stereocenters. The molecule has 0 atom stereocenters. The van der Waals surface area contributed by atoms with Crippen LogP contribution in [0.2, 0.25) is 0 Å². The van der Waals surface area contributed by atoms with E-state index in [0.717, 1.165) is 0 Å². The molecule has 0 bridgehead atoms. The van der Waals surface area contributed by atoms with Gasteiger partial charge in [0, 0.05) is 12.3 Å². The van der Waals surface area contributed by atoms with E-state index in [9.17, 15) is 18.0 Å². The van der Waals surface area contributed by atoms with E-state index in [1.54, 1.807) is 12.3 Å². The van der Waals surface area contributed by atoms with Crippen molar-refractivity contribution >= 4 is 10.0 Å². The summed E-state index contributed by atoms with van der Waals surface area (Å²) in [6.07, 6.45) is 2.89. The second-order valence-electron chi connectivity index (χ2n) is 4.93. The van der Waals surface area contributed by atoms with Gasteiger partial charge in [-0.05, 0) is 18.2 Å². The van der Waals surface area contributed by atoms with Crippen LogP contribution in [0.15, 0.2) is 57.2 Å². The van der Waals surface area contributed by atoms with Crippen molar-refractivity contribution in [1.82, 2.24) is 24.5 Å². The molecule has 10 nitrogen and oxygen atoms in total. The fraction of sp³-hybridized carbons (Fsp3) is 0.0769. The van der Waals surface area contributed by atoms with Crippen LogP contribution in [0.25, 0.3) is 5.69 Å². The molecule has 0 aliphatic heterocycles. The van der Waals surface area contributed by atoms with E-state index in [2.05, 4.69) is 15.3 Å². The molecule has 0 fully saturated rings. The summed E-state index contributed by atoms with van der Waals surface area (Å²) in [6, 6.07) is 7.13. The highest BCUT2D eigenvalue weighted by molar-refractivity contribution is 7.89. The van der Waals surface area contributed by atoms with Crippen molar-refractivity contribution in [2.75, 3.05) is 0 Å². The van der Waals surface area contributed by atoms with E-state index in [4.69, 9.17) is 5.14 Å². The number of sulfonamides is 1. The number of benzene rings is 1. The van der Waals surface area contributed by atoms with Crippen LogP contribution < -0.4 is 16.4 Å². The minimum Gasteiger partial charge on any atom is -0.294 e. The van der Waals surface area contributed by atoms with Gasteiger partial charge in [0.15, 0.2) is 0 Å². The Morgan fingerprint density at radius 1 is 1.21 bits per heavy atom. The lowest BCUT2D eigenvalue weighted by Crippen LogP contribution is -2.28. The molecule has 1 aromatic carbocycles. The maximum atomic E-state index is 11.6. The molecule has 2 heterocycles. The Kier molecular flexibility index (Phi) is 3.87. The fourth-order valence-electron chi connectivity index (χ4n) is 2.04. The van der Waals surface area contributed by atoms with E-state index < -0.39 is 21.3 Å². The average molecular weight is 348 g/mol. The predicted octanol–water partition coefficient (Wildman–Crippen LogP) is -1.19. The molecule has 2 aromatic heterocycles. The number of aromatic nitrogens is 5. The largest absolute Gasteiger partial charge is 0.328 e. The van der Waals surface area contributed by atoms with Gasteiger partial charge in [-0.15, -0.1) is 5.10 Å². The van der Waals surface area contributed by atoms with Crippen molar-refractivity contribution in [3.05, 3.63) is 69.3 Å². The van der Waals surface area contributed by atoms with Crippen molar-refractivity contribution in [2.45, 2.75) is 11.4 Å². The summed E-state index contributed by atoms with van der Waals surface area (Å²) in [4.78, 5) is 24.8. The topological polar surface area (TPSA) is 146 Å². The molecular weight excluding hydrogens is 336 g/mol. The van der Waals surface area contributed by atoms with E-state index in [-0.39, 0.29) is 11.4 Å². The Morgan fingerprint density at radius 3 is 2.71 bits per heavy atom. The highest BCUT2D eigenvalue weighted by Gasteiger charge is 2.10. The molecule has 0 aliphatic rings. The highest BCUT2D eigenvalue weighted by atomic mass is 32.2. The van der Waals surface area contributed by atoms with E-state index in [0.29, 0.717) is 11.4 Å². The minimum atomic E-state index is -3.83. The van der Waals surface area contributed by atoms with E-state index >= 15 is 0 Å². The molecule has 0 amide bonds. The van der Waals surface area contributed by atoms with Crippen molar-refractivity contribution in [3.8, 4) is 5.69 Å². The lowest BCUT2D eigenvalue weighted by molar-refractivity contribution is 0.597. The molecule has 3 rings (SSSR count). The summed E-state index contributed by atoms with van der Waals surface area (Å²) >= 11 is 0. The molecule has 0 saturated carbocycles. The van der Waals surface area contributed by atoms with Gasteiger partial charge in [0.1, 0.15) is 5.69 Å². The molecule has 0 aliphatic carbocycles. The Bertz CT molecular complexity index is 1110. The summed E-state index contributed by atoms with van der Waals surface area (Å²) in [7, 11) is -3.83. The number of aromatic amines is 1. The smallest absolute Gasteiger partial charge is 0.294 e. The molecule has 0 saturated heterocycles. The second kappa shape index (κ2) is 5.86. The first kappa shape index (κ1) is 15.8. The SMILES string of the molecule is NS(=O)(=O)c1cccc(-n2cc(Cn3ccc(=O)[nH]c3=O)nn2)c1. The van der Waals surface area contributed by atoms with Gasteiger partial charge < -0.3 is 0 Å². The number of rotatable bonds is 4. The summed E-state index contributed by atoms with van der Waals surface area (Å²) in [6.45, 7) is 0.102. The van der Waals surface area contributed by atoms with Crippen LogP contribution in [0.3, 0.4) is 0 Å². The zero-order chi connectivity index (χ0) is 17.3. The van der Waals surface area contributed by atoms with Crippen molar-refractivity contribution in [3.63, 3.8) is 0 Å². The van der Waals surface area contributed by atoms with Crippen molar-refractivity contribution < 1.29 is 8.42 Å². The molecule has 11 heteroatoms. The van der Waals surface area contributed by atoms with Crippen molar-refractivity contribution in [2.24, 2.45) is 5.14 Å². The lowest BCUT2D eigenvalue weighted by atomic mass is 10.3. The number of hydrogen-bond acceptors (Lipinski definition) is 6. The Labute approximate surface area is 135 Å². The van der Waals surface area contributed by atoms with Crippen LogP contribution in [0.1, 0.15) is 5.69 Å². The molecule has 3 N–H and O–H groups in total. The maximum Gasteiger partial charge on any atom is 0.328 e. The van der Waals surface area contributed by atoms with Crippen LogP contribution in [0.4, 0.5) is 0 Å². The minimum absolute atomic E-state index is 0.0473. The Balaban J connectivity index is 1.91. The van der Waals surface area contributed by atoms with Crippen LogP contribution in [0, 0.1) is 0 Å². The zero-order valence-electron chi connectivity index (χ0n) is 12.2. The third-order valence-electron chi connectivity index (χ3n) is 3.18. The predicted molar refractivity (Wildman–Crippen MR) is 83.2 cm³/mol. The third kappa shape index (κ3) is 3.31. The number of hydrogen-bond donors (Lipinski definition) is 2. The Morgan fingerprint density at radius 2 is 2.00 bits per heavy atom. The summed E-state index contributed by atoms with van der Waals surface area (Å²) < 4.78 is 25.4. The summed E-state index contributed by atoms with van der Waals surface area (Å²) in [5.41, 5.74) is -0.146. The van der Waals surface area contributed by atoms with E-state index in [1.807, 2.05) is 0 Å². The maximum absolute atomic E-state index is 11.6. The lowest BCUT2D eigenvalue weighted by Gasteiger charge is -2.03. The van der Waals surface area contributed by atoms with Gasteiger partial charge in [0.2, 0.25) is 10.0 Å². The average Bonchev–Trinajstić information content (AvgIpc) is 2.98. The van der Waals surface area contributed by atoms with Crippen LogP contribution in [0.5, 0.6) is 0 Å². The van der Waals surface area contributed by atoms with Gasteiger partial charge in [-0.2, -0.15) is 0 Å². The van der Waals surface area contributed by atoms with Gasteiger partial charge >= 0.3 is 5.69 Å². The fourth-order valence-corrected chi connectivity index (χ4v) is 2.60. The first-order valence-corrected chi connectivity index (χ1v) is 8.22. The van der Waals surface area contributed by atoms with Gasteiger partial charge in [-0.3, -0.25) is 14.3 Å². The van der Waals surface area contributed by atoms with Crippen molar-refractivity contribution in [1.29, 1.82) is 0 Å². The third-order valence-corrected chi connectivity index (χ3v) is 4.09. The summed E-state index contributed by atoms with van der Waals surface area (Å²) in [5.74, 6) is 0. The normalized spacial score (nSPS) is 11.5. The number of H-pyrrole nitrogens is 1.